The van der Waals surface area contributed by atoms with E-state index in [1.165, 1.54) is 24.3 Å². The van der Waals surface area contributed by atoms with Crippen molar-refractivity contribution in [2.45, 2.75) is 18.2 Å². The van der Waals surface area contributed by atoms with Crippen LogP contribution in [-0.2, 0) is 16.5 Å². The van der Waals surface area contributed by atoms with E-state index in [4.69, 9.17) is 0 Å². The third-order valence-corrected chi connectivity index (χ3v) is 5.05. The summed E-state index contributed by atoms with van der Waals surface area (Å²) in [5, 5.41) is 29.7. The number of nitro benzene ring substituents is 1. The number of rotatable bonds is 5. The molecule has 0 aliphatic rings. The Kier molecular flexibility index (Phi) is 5.08. The first-order valence-electron chi connectivity index (χ1n) is 8.14. The molecule has 144 valence electrons. The van der Waals surface area contributed by atoms with Crippen molar-refractivity contribution in [1.82, 2.24) is 0 Å². The summed E-state index contributed by atoms with van der Waals surface area (Å²) in [5.74, 6) is -0.387. The van der Waals surface area contributed by atoms with Crippen LogP contribution in [0.3, 0.4) is 0 Å². The Labute approximate surface area is 159 Å². The molecule has 3 rings (SSSR count). The van der Waals surface area contributed by atoms with Gasteiger partial charge >= 0.3 is 0 Å². The van der Waals surface area contributed by atoms with Crippen molar-refractivity contribution in [3.05, 3.63) is 64.2 Å². The van der Waals surface area contributed by atoms with Gasteiger partial charge in [-0.2, -0.15) is 8.42 Å². The molecule has 0 unspecified atom stereocenters. The summed E-state index contributed by atoms with van der Waals surface area (Å²) in [6.07, 6.45) is 0.409. The maximum absolute atomic E-state index is 11.7. The van der Waals surface area contributed by atoms with Gasteiger partial charge in [-0.05, 0) is 30.0 Å². The highest BCUT2D eigenvalue weighted by Crippen LogP contribution is 2.40. The highest BCUT2D eigenvalue weighted by Gasteiger charge is 2.21. The highest BCUT2D eigenvalue weighted by atomic mass is 32.2. The van der Waals surface area contributed by atoms with Gasteiger partial charge in [-0.25, -0.2) is 0 Å². The molecule has 9 nitrogen and oxygen atoms in total. The molecule has 3 aromatic rings. The molecule has 0 fully saturated rings. The summed E-state index contributed by atoms with van der Waals surface area (Å²) in [4.78, 5) is 10.4. The standard InChI is InChI=1S/C18H15N3O6S/c1-2-11-5-3-7-13(18(11)21(23)24)19-20-17-14(22)10-9-12-6-4-8-15(16(12)17)28(25,26)27/h3-10,22H,2H2,1H3,(H,25,26,27). The summed E-state index contributed by atoms with van der Waals surface area (Å²) >= 11 is 0. The molecular formula is C18H15N3O6S. The number of para-hydroxylation sites is 1. The number of fused-ring (bicyclic) bond motifs is 1. The number of azo groups is 1. The van der Waals surface area contributed by atoms with Gasteiger partial charge in [0.1, 0.15) is 16.3 Å². The molecule has 3 aromatic carbocycles. The quantitative estimate of drug-likeness (QED) is 0.275. The fourth-order valence-electron chi connectivity index (χ4n) is 2.89. The number of aromatic hydroxyl groups is 1. The minimum atomic E-state index is -4.60. The number of phenolic OH excluding ortho intramolecular Hbond substituents is 1. The first kappa shape index (κ1) is 19.4. The molecule has 0 aliphatic carbocycles. The lowest BCUT2D eigenvalue weighted by molar-refractivity contribution is -0.384. The molecule has 0 amide bonds. The van der Waals surface area contributed by atoms with Crippen LogP contribution in [0.4, 0.5) is 17.1 Å². The minimum Gasteiger partial charge on any atom is -0.506 e. The Hall–Kier alpha value is -3.37. The lowest BCUT2D eigenvalue weighted by atomic mass is 10.1. The SMILES string of the molecule is CCc1cccc(N=Nc2c(O)ccc3cccc(S(=O)(=O)O)c23)c1[N+](=O)[O-]. The average Bonchev–Trinajstić information content (AvgIpc) is 2.65. The number of benzene rings is 3. The Morgan fingerprint density at radius 2 is 1.79 bits per heavy atom. The molecule has 0 radical (unpaired) electrons. The first-order chi connectivity index (χ1) is 13.2. The van der Waals surface area contributed by atoms with Crippen LogP contribution in [0, 0.1) is 10.1 Å². The Balaban J connectivity index is 2.27. The lowest BCUT2D eigenvalue weighted by Gasteiger charge is -2.08. The fourth-order valence-corrected chi connectivity index (χ4v) is 3.61. The van der Waals surface area contributed by atoms with Crippen molar-refractivity contribution in [3.8, 4) is 5.75 Å². The van der Waals surface area contributed by atoms with Crippen LogP contribution in [0.2, 0.25) is 0 Å². The highest BCUT2D eigenvalue weighted by molar-refractivity contribution is 7.86. The van der Waals surface area contributed by atoms with Gasteiger partial charge in [-0.1, -0.05) is 37.3 Å². The molecule has 0 heterocycles. The van der Waals surface area contributed by atoms with E-state index in [1.54, 1.807) is 25.1 Å². The molecule has 0 saturated carbocycles. The first-order valence-corrected chi connectivity index (χ1v) is 9.58. The smallest absolute Gasteiger partial charge is 0.299 e. The van der Waals surface area contributed by atoms with Gasteiger partial charge in [0.2, 0.25) is 0 Å². The van der Waals surface area contributed by atoms with Crippen LogP contribution in [0.5, 0.6) is 5.75 Å². The van der Waals surface area contributed by atoms with E-state index in [0.717, 1.165) is 6.07 Å². The van der Waals surface area contributed by atoms with Gasteiger partial charge < -0.3 is 5.11 Å². The van der Waals surface area contributed by atoms with Crippen molar-refractivity contribution in [3.63, 3.8) is 0 Å². The van der Waals surface area contributed by atoms with Crippen molar-refractivity contribution in [2.75, 3.05) is 0 Å². The zero-order chi connectivity index (χ0) is 20.5. The number of nitro groups is 1. The van der Waals surface area contributed by atoms with Crippen LogP contribution >= 0.6 is 0 Å². The van der Waals surface area contributed by atoms with Crippen molar-refractivity contribution in [2.24, 2.45) is 10.2 Å². The van der Waals surface area contributed by atoms with E-state index < -0.39 is 19.9 Å². The van der Waals surface area contributed by atoms with Gasteiger partial charge in [0.05, 0.1) is 4.92 Å². The van der Waals surface area contributed by atoms with Crippen molar-refractivity contribution >= 4 is 38.0 Å². The summed E-state index contributed by atoms with van der Waals surface area (Å²) in [5.41, 5.74) is -0.0160. The summed E-state index contributed by atoms with van der Waals surface area (Å²) < 4.78 is 32.9. The molecule has 0 aromatic heterocycles. The maximum Gasteiger partial charge on any atom is 0.299 e. The second-order valence-corrected chi connectivity index (χ2v) is 7.25. The number of phenols is 1. The van der Waals surface area contributed by atoms with E-state index >= 15 is 0 Å². The van der Waals surface area contributed by atoms with Gasteiger partial charge in [-0.3, -0.25) is 14.7 Å². The third kappa shape index (κ3) is 3.55. The van der Waals surface area contributed by atoms with E-state index in [-0.39, 0.29) is 28.2 Å². The predicted molar refractivity (Wildman–Crippen MR) is 102 cm³/mol. The van der Waals surface area contributed by atoms with E-state index in [1.807, 2.05) is 0 Å². The molecule has 0 saturated heterocycles. The van der Waals surface area contributed by atoms with Crippen LogP contribution in [-0.4, -0.2) is 23.0 Å². The monoisotopic (exact) mass is 401 g/mol. The van der Waals surface area contributed by atoms with E-state index in [2.05, 4.69) is 10.2 Å². The zero-order valence-corrected chi connectivity index (χ0v) is 15.4. The van der Waals surface area contributed by atoms with Gasteiger partial charge in [0.25, 0.3) is 15.8 Å². The van der Waals surface area contributed by atoms with E-state index in [9.17, 15) is 28.2 Å². The maximum atomic E-state index is 11.7. The Morgan fingerprint density at radius 3 is 2.43 bits per heavy atom. The molecule has 0 bridgehead atoms. The number of aryl methyl sites for hydroxylation is 1. The van der Waals surface area contributed by atoms with Crippen LogP contribution in [0.25, 0.3) is 10.8 Å². The molecule has 0 spiro atoms. The van der Waals surface area contributed by atoms with Crippen molar-refractivity contribution < 1.29 is 23.0 Å². The van der Waals surface area contributed by atoms with Crippen molar-refractivity contribution in [1.29, 1.82) is 0 Å². The fraction of sp³-hybridized carbons (Fsp3) is 0.111. The minimum absolute atomic E-state index is 0.0370. The van der Waals surface area contributed by atoms with Crippen LogP contribution in [0.15, 0.2) is 63.7 Å². The summed E-state index contributed by atoms with van der Waals surface area (Å²) in [6, 6.07) is 11.5. The molecular weight excluding hydrogens is 386 g/mol. The predicted octanol–water partition coefficient (Wildman–Crippen LogP) is 4.68. The number of hydrogen-bond donors (Lipinski definition) is 2. The summed E-state index contributed by atoms with van der Waals surface area (Å²) in [6.45, 7) is 1.76. The molecule has 0 atom stereocenters. The Bertz CT molecular complexity index is 1220. The lowest BCUT2D eigenvalue weighted by Crippen LogP contribution is -1.99. The number of nitrogens with zero attached hydrogens (tertiary/aromatic N) is 3. The zero-order valence-electron chi connectivity index (χ0n) is 14.6. The van der Waals surface area contributed by atoms with Gasteiger partial charge in [0.15, 0.2) is 5.69 Å². The largest absolute Gasteiger partial charge is 0.506 e. The van der Waals surface area contributed by atoms with Gasteiger partial charge in [0, 0.05) is 10.9 Å². The molecule has 2 N–H and O–H groups in total. The van der Waals surface area contributed by atoms with Crippen LogP contribution in [0.1, 0.15) is 12.5 Å². The molecule has 0 aliphatic heterocycles. The Morgan fingerprint density at radius 1 is 1.07 bits per heavy atom. The summed E-state index contributed by atoms with van der Waals surface area (Å²) in [7, 11) is -4.60. The van der Waals surface area contributed by atoms with E-state index in [0.29, 0.717) is 17.4 Å². The third-order valence-electron chi connectivity index (χ3n) is 4.16. The second-order valence-electron chi connectivity index (χ2n) is 5.86. The topological polar surface area (TPSA) is 142 Å². The van der Waals surface area contributed by atoms with Crippen LogP contribution < -0.4 is 0 Å². The average molecular weight is 401 g/mol. The molecule has 10 heteroatoms. The normalized spacial score (nSPS) is 11.9. The molecule has 28 heavy (non-hydrogen) atoms. The van der Waals surface area contributed by atoms with Gasteiger partial charge in [-0.15, -0.1) is 10.2 Å². The number of hydrogen-bond acceptors (Lipinski definition) is 7. The second kappa shape index (κ2) is 7.33.